The zero-order valence-electron chi connectivity index (χ0n) is 11.3. The number of nitrogens with one attached hydrogen (secondary N) is 2. The van der Waals surface area contributed by atoms with E-state index in [4.69, 9.17) is 0 Å². The van der Waals surface area contributed by atoms with Gasteiger partial charge < -0.3 is 10.6 Å². The number of anilines is 2. The first-order valence-corrected chi connectivity index (χ1v) is 6.16. The number of hydrogen-bond acceptors (Lipinski definition) is 3. The van der Waals surface area contributed by atoms with Crippen LogP contribution in [-0.4, -0.2) is 16.8 Å². The van der Waals surface area contributed by atoms with E-state index in [0.717, 1.165) is 5.56 Å². The summed E-state index contributed by atoms with van der Waals surface area (Å²) >= 11 is 0. The highest BCUT2D eigenvalue weighted by Crippen LogP contribution is 2.18. The molecule has 20 heavy (non-hydrogen) atoms. The Morgan fingerprint density at radius 1 is 1.15 bits per heavy atom. The van der Waals surface area contributed by atoms with Gasteiger partial charge in [-0.25, -0.2) is 0 Å². The van der Waals surface area contributed by atoms with Crippen molar-refractivity contribution in [1.82, 2.24) is 4.98 Å². The minimum Gasteiger partial charge on any atom is -0.326 e. The van der Waals surface area contributed by atoms with Crippen molar-refractivity contribution in [2.45, 2.75) is 13.8 Å². The highest BCUT2D eigenvalue weighted by Gasteiger charge is 2.09. The van der Waals surface area contributed by atoms with Crippen LogP contribution in [0, 0.1) is 6.92 Å². The Kier molecular flexibility index (Phi) is 4.10. The molecule has 0 bridgehead atoms. The van der Waals surface area contributed by atoms with Gasteiger partial charge in [-0.05, 0) is 36.8 Å². The summed E-state index contributed by atoms with van der Waals surface area (Å²) in [4.78, 5) is 27.2. The van der Waals surface area contributed by atoms with Gasteiger partial charge in [0.15, 0.2) is 0 Å². The third-order valence-corrected chi connectivity index (χ3v) is 2.73. The number of amides is 2. The summed E-state index contributed by atoms with van der Waals surface area (Å²) < 4.78 is 0. The van der Waals surface area contributed by atoms with Gasteiger partial charge in [-0.1, -0.05) is 6.07 Å². The SMILES string of the molecule is CC(=O)Nc1cc(C(=O)Nc2cccnc2)ccc1C. The first-order chi connectivity index (χ1) is 9.56. The summed E-state index contributed by atoms with van der Waals surface area (Å²) in [7, 11) is 0. The fourth-order valence-corrected chi connectivity index (χ4v) is 1.73. The van der Waals surface area contributed by atoms with Crippen molar-refractivity contribution < 1.29 is 9.59 Å². The fourth-order valence-electron chi connectivity index (χ4n) is 1.73. The molecule has 0 radical (unpaired) electrons. The second-order valence-corrected chi connectivity index (χ2v) is 4.41. The lowest BCUT2D eigenvalue weighted by Crippen LogP contribution is -2.13. The van der Waals surface area contributed by atoms with Crippen LogP contribution in [-0.2, 0) is 4.79 Å². The molecule has 2 rings (SSSR count). The summed E-state index contributed by atoms with van der Waals surface area (Å²) in [6.45, 7) is 3.30. The molecule has 1 aromatic carbocycles. The predicted molar refractivity (Wildman–Crippen MR) is 77.7 cm³/mol. The van der Waals surface area contributed by atoms with E-state index in [1.807, 2.05) is 6.92 Å². The molecule has 2 N–H and O–H groups in total. The minimum absolute atomic E-state index is 0.169. The number of benzene rings is 1. The number of rotatable bonds is 3. The summed E-state index contributed by atoms with van der Waals surface area (Å²) in [5.41, 5.74) is 2.64. The first-order valence-electron chi connectivity index (χ1n) is 6.16. The van der Waals surface area contributed by atoms with E-state index in [2.05, 4.69) is 15.6 Å². The van der Waals surface area contributed by atoms with Crippen molar-refractivity contribution in [3.05, 3.63) is 53.9 Å². The standard InChI is InChI=1S/C15H15N3O2/c1-10-5-6-12(8-14(10)17-11(2)19)15(20)18-13-4-3-7-16-9-13/h3-9H,1-2H3,(H,17,19)(H,18,20). The van der Waals surface area contributed by atoms with E-state index in [0.29, 0.717) is 16.9 Å². The maximum Gasteiger partial charge on any atom is 0.255 e. The van der Waals surface area contributed by atoms with E-state index >= 15 is 0 Å². The normalized spacial score (nSPS) is 9.90. The first kappa shape index (κ1) is 13.7. The molecular formula is C15H15N3O2. The maximum atomic E-state index is 12.1. The number of aryl methyl sites for hydroxylation is 1. The molecule has 0 aliphatic carbocycles. The number of pyridine rings is 1. The molecule has 0 spiro atoms. The van der Waals surface area contributed by atoms with Crippen molar-refractivity contribution in [1.29, 1.82) is 0 Å². The molecule has 0 saturated heterocycles. The van der Waals surface area contributed by atoms with Crippen LogP contribution in [0.25, 0.3) is 0 Å². The summed E-state index contributed by atoms with van der Waals surface area (Å²) in [6.07, 6.45) is 3.21. The van der Waals surface area contributed by atoms with Crippen LogP contribution in [0.2, 0.25) is 0 Å². The van der Waals surface area contributed by atoms with E-state index in [1.165, 1.54) is 6.92 Å². The van der Waals surface area contributed by atoms with Crippen LogP contribution in [0.15, 0.2) is 42.7 Å². The van der Waals surface area contributed by atoms with E-state index in [1.54, 1.807) is 42.7 Å². The molecule has 0 aliphatic rings. The number of nitrogens with zero attached hydrogens (tertiary/aromatic N) is 1. The van der Waals surface area contributed by atoms with Crippen molar-refractivity contribution in [2.24, 2.45) is 0 Å². The molecule has 5 heteroatoms. The molecule has 5 nitrogen and oxygen atoms in total. The molecule has 0 unspecified atom stereocenters. The Bertz CT molecular complexity index is 639. The van der Waals surface area contributed by atoms with E-state index < -0.39 is 0 Å². The fraction of sp³-hybridized carbons (Fsp3) is 0.133. The molecule has 2 aromatic rings. The van der Waals surface area contributed by atoms with Crippen molar-refractivity contribution >= 4 is 23.2 Å². The minimum atomic E-state index is -0.246. The second-order valence-electron chi connectivity index (χ2n) is 4.41. The Hall–Kier alpha value is -2.69. The second kappa shape index (κ2) is 5.97. The number of carbonyl (C=O) groups excluding carboxylic acids is 2. The third-order valence-electron chi connectivity index (χ3n) is 2.73. The lowest BCUT2D eigenvalue weighted by molar-refractivity contribution is -0.114. The monoisotopic (exact) mass is 269 g/mol. The molecule has 102 valence electrons. The average molecular weight is 269 g/mol. The van der Waals surface area contributed by atoms with Gasteiger partial charge in [0.05, 0.1) is 11.9 Å². The lowest BCUT2D eigenvalue weighted by Gasteiger charge is -2.09. The Morgan fingerprint density at radius 2 is 1.95 bits per heavy atom. The largest absolute Gasteiger partial charge is 0.326 e. The van der Waals surface area contributed by atoms with Crippen molar-refractivity contribution in [2.75, 3.05) is 10.6 Å². The van der Waals surface area contributed by atoms with Crippen LogP contribution >= 0.6 is 0 Å². The maximum absolute atomic E-state index is 12.1. The van der Waals surface area contributed by atoms with Crippen LogP contribution in [0.1, 0.15) is 22.8 Å². The van der Waals surface area contributed by atoms with Gasteiger partial charge in [-0.2, -0.15) is 0 Å². The highest BCUT2D eigenvalue weighted by molar-refractivity contribution is 6.05. The van der Waals surface area contributed by atoms with Crippen LogP contribution in [0.4, 0.5) is 11.4 Å². The molecule has 0 fully saturated rings. The van der Waals surface area contributed by atoms with E-state index in [9.17, 15) is 9.59 Å². The smallest absolute Gasteiger partial charge is 0.255 e. The molecule has 0 atom stereocenters. The van der Waals surface area contributed by atoms with Crippen molar-refractivity contribution in [3.63, 3.8) is 0 Å². The van der Waals surface area contributed by atoms with Gasteiger partial charge in [0.1, 0.15) is 0 Å². The van der Waals surface area contributed by atoms with E-state index in [-0.39, 0.29) is 11.8 Å². The lowest BCUT2D eigenvalue weighted by atomic mass is 10.1. The molecule has 1 heterocycles. The Labute approximate surface area is 117 Å². The summed E-state index contributed by atoms with van der Waals surface area (Å²) in [5.74, 6) is -0.414. The zero-order chi connectivity index (χ0) is 14.5. The molecule has 2 amide bonds. The predicted octanol–water partition coefficient (Wildman–Crippen LogP) is 2.60. The van der Waals surface area contributed by atoms with Gasteiger partial charge >= 0.3 is 0 Å². The van der Waals surface area contributed by atoms with Gasteiger partial charge in [0, 0.05) is 24.4 Å². The zero-order valence-corrected chi connectivity index (χ0v) is 11.3. The Morgan fingerprint density at radius 3 is 2.60 bits per heavy atom. The van der Waals surface area contributed by atoms with Crippen LogP contribution < -0.4 is 10.6 Å². The quantitative estimate of drug-likeness (QED) is 0.899. The molecule has 0 saturated carbocycles. The number of hydrogen-bond donors (Lipinski definition) is 2. The molecule has 0 aliphatic heterocycles. The topological polar surface area (TPSA) is 71.1 Å². The number of aromatic nitrogens is 1. The van der Waals surface area contributed by atoms with Crippen molar-refractivity contribution in [3.8, 4) is 0 Å². The van der Waals surface area contributed by atoms with Gasteiger partial charge in [0.25, 0.3) is 5.91 Å². The summed E-state index contributed by atoms with van der Waals surface area (Å²) in [6, 6.07) is 8.67. The van der Waals surface area contributed by atoms with Gasteiger partial charge in [0.2, 0.25) is 5.91 Å². The Balaban J connectivity index is 2.20. The molecular weight excluding hydrogens is 254 g/mol. The third kappa shape index (κ3) is 3.41. The highest BCUT2D eigenvalue weighted by atomic mass is 16.2. The average Bonchev–Trinajstić information content (AvgIpc) is 2.42. The summed E-state index contributed by atoms with van der Waals surface area (Å²) in [5, 5.41) is 5.44. The van der Waals surface area contributed by atoms with Crippen LogP contribution in [0.3, 0.4) is 0 Å². The number of carbonyl (C=O) groups is 2. The van der Waals surface area contributed by atoms with Crippen LogP contribution in [0.5, 0.6) is 0 Å². The van der Waals surface area contributed by atoms with Gasteiger partial charge in [-0.3, -0.25) is 14.6 Å². The van der Waals surface area contributed by atoms with Gasteiger partial charge in [-0.15, -0.1) is 0 Å². The molecule has 1 aromatic heterocycles.